The summed E-state index contributed by atoms with van der Waals surface area (Å²) in [6, 6.07) is 13.8. The van der Waals surface area contributed by atoms with Gasteiger partial charge in [0.15, 0.2) is 0 Å². The van der Waals surface area contributed by atoms with Gasteiger partial charge in [0, 0.05) is 28.7 Å². The Morgan fingerprint density at radius 2 is 1.74 bits per heavy atom. The first kappa shape index (κ1) is 14.5. The fraction of sp³-hybridized carbons (Fsp3) is 0.111. The first-order chi connectivity index (χ1) is 11.2. The van der Waals surface area contributed by atoms with Crippen molar-refractivity contribution in [2.24, 2.45) is 0 Å². The highest BCUT2D eigenvalue weighted by Crippen LogP contribution is 2.29. The van der Waals surface area contributed by atoms with Gasteiger partial charge in [-0.15, -0.1) is 0 Å². The summed E-state index contributed by atoms with van der Waals surface area (Å²) < 4.78 is 2.19. The summed E-state index contributed by atoms with van der Waals surface area (Å²) in [6.45, 7) is 2.94. The lowest BCUT2D eigenvalue weighted by Gasteiger charge is -2.06. The van der Waals surface area contributed by atoms with E-state index >= 15 is 0 Å². The van der Waals surface area contributed by atoms with Gasteiger partial charge in [-0.25, -0.2) is 4.98 Å². The molecule has 2 aromatic heterocycles. The molecule has 0 radical (unpaired) electrons. The molecule has 0 saturated heterocycles. The number of benzene rings is 2. The molecule has 4 aromatic rings. The smallest absolute Gasteiger partial charge is 0.141 e. The molecular weight excluding hydrogens is 329 g/mol. The predicted molar refractivity (Wildman–Crippen MR) is 96.2 cm³/mol. The third-order valence-electron chi connectivity index (χ3n) is 3.94. The quantitative estimate of drug-likeness (QED) is 0.476. The topological polar surface area (TPSA) is 30.7 Å². The summed E-state index contributed by atoms with van der Waals surface area (Å²) in [7, 11) is 0. The number of hydrogen-bond donors (Lipinski definition) is 0. The molecule has 0 fully saturated rings. The van der Waals surface area contributed by atoms with E-state index in [0.29, 0.717) is 5.02 Å². The number of fused-ring (bicyclic) bond motifs is 2. The fourth-order valence-corrected chi connectivity index (χ4v) is 3.15. The molecule has 0 N–H and O–H groups in total. The second-order valence-electron chi connectivity index (χ2n) is 5.37. The van der Waals surface area contributed by atoms with Crippen LogP contribution < -0.4 is 0 Å². The Morgan fingerprint density at radius 1 is 0.957 bits per heavy atom. The molecule has 23 heavy (non-hydrogen) atoms. The van der Waals surface area contributed by atoms with E-state index in [-0.39, 0.29) is 0 Å². The minimum Gasteiger partial charge on any atom is -0.324 e. The number of aromatic nitrogens is 3. The zero-order valence-corrected chi connectivity index (χ0v) is 13.9. The van der Waals surface area contributed by atoms with E-state index in [2.05, 4.69) is 22.5 Å². The van der Waals surface area contributed by atoms with Crippen LogP contribution in [0.1, 0.15) is 6.92 Å². The molecule has 0 unspecified atom stereocenters. The Hall–Kier alpha value is -2.10. The van der Waals surface area contributed by atoms with Crippen LogP contribution >= 0.6 is 23.2 Å². The summed E-state index contributed by atoms with van der Waals surface area (Å²) in [4.78, 5) is 9.22. The molecule has 2 heterocycles. The van der Waals surface area contributed by atoms with Gasteiger partial charge >= 0.3 is 0 Å². The highest BCUT2D eigenvalue weighted by Gasteiger charge is 2.13. The van der Waals surface area contributed by atoms with Crippen LogP contribution in [0.2, 0.25) is 10.0 Å². The van der Waals surface area contributed by atoms with Crippen molar-refractivity contribution < 1.29 is 0 Å². The van der Waals surface area contributed by atoms with Gasteiger partial charge in [-0.05, 0) is 49.4 Å². The molecule has 0 aliphatic rings. The van der Waals surface area contributed by atoms with E-state index < -0.39 is 0 Å². The first-order valence-electron chi connectivity index (χ1n) is 7.37. The van der Waals surface area contributed by atoms with Crippen molar-refractivity contribution in [1.29, 1.82) is 0 Å². The summed E-state index contributed by atoms with van der Waals surface area (Å²) in [6.07, 6.45) is 1.67. The van der Waals surface area contributed by atoms with Crippen LogP contribution in [0.15, 0.2) is 48.7 Å². The van der Waals surface area contributed by atoms with Gasteiger partial charge in [0.1, 0.15) is 5.82 Å². The van der Waals surface area contributed by atoms with Crippen LogP contribution in [-0.2, 0) is 6.54 Å². The number of imidazole rings is 1. The molecule has 4 rings (SSSR count). The molecule has 0 aliphatic carbocycles. The van der Waals surface area contributed by atoms with Gasteiger partial charge < -0.3 is 4.57 Å². The first-order valence-corrected chi connectivity index (χ1v) is 8.13. The van der Waals surface area contributed by atoms with E-state index in [9.17, 15) is 0 Å². The Bertz CT molecular complexity index is 1020. The average molecular weight is 342 g/mol. The number of nitrogens with zero attached hydrogens (tertiary/aromatic N) is 3. The largest absolute Gasteiger partial charge is 0.324 e. The van der Waals surface area contributed by atoms with Crippen molar-refractivity contribution in [2.75, 3.05) is 0 Å². The normalized spacial score (nSPS) is 11.4. The molecule has 0 atom stereocenters. The fourth-order valence-electron chi connectivity index (χ4n) is 2.86. The highest BCUT2D eigenvalue weighted by atomic mass is 35.5. The molecule has 3 nitrogen and oxygen atoms in total. The van der Waals surface area contributed by atoms with Crippen molar-refractivity contribution >= 4 is 45.1 Å². The second kappa shape index (κ2) is 5.52. The van der Waals surface area contributed by atoms with Gasteiger partial charge in [0.2, 0.25) is 0 Å². The minimum absolute atomic E-state index is 0.629. The minimum atomic E-state index is 0.629. The number of halogens is 2. The van der Waals surface area contributed by atoms with Crippen LogP contribution in [0.4, 0.5) is 0 Å². The Kier molecular flexibility index (Phi) is 3.47. The summed E-state index contributed by atoms with van der Waals surface area (Å²) >= 11 is 12.0. The lowest BCUT2D eigenvalue weighted by Crippen LogP contribution is -1.97. The lowest BCUT2D eigenvalue weighted by molar-refractivity contribution is 0.796. The molecule has 2 aromatic carbocycles. The summed E-state index contributed by atoms with van der Waals surface area (Å²) in [5.74, 6) is 0.931. The molecule has 0 amide bonds. The van der Waals surface area contributed by atoms with Crippen molar-refractivity contribution in [3.8, 4) is 11.4 Å². The number of rotatable bonds is 2. The van der Waals surface area contributed by atoms with Crippen molar-refractivity contribution in [3.63, 3.8) is 0 Å². The van der Waals surface area contributed by atoms with Crippen LogP contribution in [0.25, 0.3) is 33.3 Å². The monoisotopic (exact) mass is 341 g/mol. The molecule has 0 aliphatic heterocycles. The maximum atomic E-state index is 6.04. The molecular formula is C18H13Cl2N3. The Labute approximate surface area is 143 Å². The van der Waals surface area contributed by atoms with Gasteiger partial charge in [-0.1, -0.05) is 23.2 Å². The SMILES string of the molecule is CCn1c(-c2ccc(Cl)cc2)nc2cc3cc(Cl)cnc3cc21. The molecule has 0 spiro atoms. The van der Waals surface area contributed by atoms with E-state index in [1.807, 2.05) is 36.4 Å². The molecule has 0 saturated carbocycles. The highest BCUT2D eigenvalue weighted by molar-refractivity contribution is 6.31. The average Bonchev–Trinajstić information content (AvgIpc) is 2.90. The van der Waals surface area contributed by atoms with E-state index in [4.69, 9.17) is 28.2 Å². The molecule has 5 heteroatoms. The maximum absolute atomic E-state index is 6.04. The van der Waals surface area contributed by atoms with Crippen LogP contribution in [0.3, 0.4) is 0 Å². The zero-order chi connectivity index (χ0) is 16.0. The predicted octanol–water partition coefficient (Wildman–Crippen LogP) is 5.58. The van der Waals surface area contributed by atoms with Crippen LogP contribution in [-0.4, -0.2) is 14.5 Å². The molecule has 114 valence electrons. The number of pyridine rings is 1. The van der Waals surface area contributed by atoms with E-state index in [1.54, 1.807) is 6.20 Å². The lowest BCUT2D eigenvalue weighted by atomic mass is 10.2. The van der Waals surface area contributed by atoms with Crippen molar-refractivity contribution in [1.82, 2.24) is 14.5 Å². The second-order valence-corrected chi connectivity index (χ2v) is 6.25. The van der Waals surface area contributed by atoms with Crippen molar-refractivity contribution in [3.05, 3.63) is 58.7 Å². The summed E-state index contributed by atoms with van der Waals surface area (Å²) in [5.41, 5.74) is 3.97. The number of aryl methyl sites for hydroxylation is 1. The molecule has 0 bridgehead atoms. The third kappa shape index (κ3) is 2.46. The van der Waals surface area contributed by atoms with E-state index in [1.165, 1.54) is 0 Å². The van der Waals surface area contributed by atoms with E-state index in [0.717, 1.165) is 44.9 Å². The van der Waals surface area contributed by atoms with Crippen LogP contribution in [0.5, 0.6) is 0 Å². The Balaban J connectivity index is 2.01. The van der Waals surface area contributed by atoms with Gasteiger partial charge in [-0.2, -0.15) is 0 Å². The van der Waals surface area contributed by atoms with Gasteiger partial charge in [-0.3, -0.25) is 4.98 Å². The van der Waals surface area contributed by atoms with Crippen LogP contribution in [0, 0.1) is 0 Å². The van der Waals surface area contributed by atoms with Gasteiger partial charge in [0.05, 0.1) is 21.6 Å². The maximum Gasteiger partial charge on any atom is 0.141 e. The van der Waals surface area contributed by atoms with Crippen molar-refractivity contribution in [2.45, 2.75) is 13.5 Å². The Morgan fingerprint density at radius 3 is 2.48 bits per heavy atom. The zero-order valence-electron chi connectivity index (χ0n) is 12.4. The summed E-state index contributed by atoms with van der Waals surface area (Å²) in [5, 5.41) is 2.34. The number of hydrogen-bond acceptors (Lipinski definition) is 2. The standard InChI is InChI=1S/C18H13Cl2N3/c1-2-23-17-9-15-12(7-14(20)10-21-15)8-16(17)22-18(23)11-3-5-13(19)6-4-11/h3-10H,2H2,1H3. The third-order valence-corrected chi connectivity index (χ3v) is 4.39. The van der Waals surface area contributed by atoms with Gasteiger partial charge in [0.25, 0.3) is 0 Å².